The molecule has 184 valence electrons. The molecule has 0 spiro atoms. The molecule has 1 fully saturated rings. The predicted octanol–water partition coefficient (Wildman–Crippen LogP) is 2.96. The zero-order chi connectivity index (χ0) is 25.3. The van der Waals surface area contributed by atoms with E-state index in [-0.39, 0.29) is 43.7 Å². The Bertz CT molecular complexity index is 1180. The molecule has 1 atom stereocenters. The second kappa shape index (κ2) is 9.48. The van der Waals surface area contributed by atoms with Crippen LogP contribution in [0.2, 0.25) is 0 Å². The Labute approximate surface area is 203 Å². The first-order chi connectivity index (χ1) is 16.7. The van der Waals surface area contributed by atoms with Gasteiger partial charge in [0.2, 0.25) is 11.6 Å². The maximum absolute atomic E-state index is 14.0. The number of carbonyl (C=O) groups excluding carboxylic acids is 4. The van der Waals surface area contributed by atoms with Crippen molar-refractivity contribution in [2.24, 2.45) is 5.92 Å². The second-order valence-electron chi connectivity index (χ2n) is 9.29. The molecule has 2 aromatic carbocycles. The molecule has 4 rings (SSSR count). The highest BCUT2D eigenvalue weighted by molar-refractivity contribution is 6.15. The molecule has 0 radical (unpaired) electrons. The van der Waals surface area contributed by atoms with E-state index in [1.54, 1.807) is 42.5 Å². The van der Waals surface area contributed by atoms with Crippen molar-refractivity contribution >= 4 is 29.4 Å². The first-order valence-corrected chi connectivity index (χ1v) is 11.6. The number of benzene rings is 2. The summed E-state index contributed by atoms with van der Waals surface area (Å²) in [5.74, 6) is -2.45. The number of fused-ring (bicyclic) bond motifs is 3. The van der Waals surface area contributed by atoms with Crippen LogP contribution in [0.1, 0.15) is 42.6 Å². The van der Waals surface area contributed by atoms with Gasteiger partial charge in [0, 0.05) is 38.5 Å². The second-order valence-corrected chi connectivity index (χ2v) is 9.29. The topological polar surface area (TPSA) is 87.2 Å². The highest BCUT2D eigenvalue weighted by Crippen LogP contribution is 2.45. The number of amides is 3. The lowest BCUT2D eigenvalue weighted by molar-refractivity contribution is -0.162. The van der Waals surface area contributed by atoms with E-state index < -0.39 is 30.0 Å². The van der Waals surface area contributed by atoms with Crippen molar-refractivity contribution in [3.63, 3.8) is 0 Å². The number of ether oxygens (including phenoxy) is 1. The molecule has 2 aliphatic rings. The number of nitrogens with zero attached hydrogens (tertiary/aromatic N) is 3. The zero-order valence-electron chi connectivity index (χ0n) is 20.0. The van der Waals surface area contributed by atoms with Crippen molar-refractivity contribution in [3.05, 3.63) is 65.5 Å². The summed E-state index contributed by atoms with van der Waals surface area (Å²) in [6.07, 6.45) is 0.128. The smallest absolute Gasteiger partial charge is 0.354 e. The molecule has 8 nitrogen and oxygen atoms in total. The highest BCUT2D eigenvalue weighted by Gasteiger charge is 2.62. The first-order valence-electron chi connectivity index (χ1n) is 11.6. The number of hydrogen-bond donors (Lipinski definition) is 0. The summed E-state index contributed by atoms with van der Waals surface area (Å²) in [7, 11) is 1.48. The molecule has 0 aliphatic carbocycles. The third kappa shape index (κ3) is 4.26. The number of carbonyl (C=O) groups is 4. The molecular weight excluding hydrogens is 453 g/mol. The fraction of sp³-hybridized carbons (Fsp3) is 0.385. The molecule has 0 N–H and O–H groups in total. The SMILES string of the molecule is CC(C)CN1C(=O)c2ccccc2N2C(=O)CCC12C(=O)OCC(=O)N(C)Cc1ccccc1F. The van der Waals surface area contributed by atoms with E-state index in [9.17, 15) is 23.6 Å². The van der Waals surface area contributed by atoms with Crippen LogP contribution in [-0.4, -0.2) is 59.4 Å². The van der Waals surface area contributed by atoms with Gasteiger partial charge in [-0.05, 0) is 24.1 Å². The molecular formula is C26H28FN3O5. The lowest BCUT2D eigenvalue weighted by atomic mass is 9.95. The molecule has 3 amide bonds. The summed E-state index contributed by atoms with van der Waals surface area (Å²) in [5, 5.41) is 0. The minimum Gasteiger partial charge on any atom is -0.452 e. The monoisotopic (exact) mass is 481 g/mol. The fourth-order valence-corrected chi connectivity index (χ4v) is 4.69. The Morgan fingerprint density at radius 1 is 1.11 bits per heavy atom. The fourth-order valence-electron chi connectivity index (χ4n) is 4.69. The number of hydrogen-bond acceptors (Lipinski definition) is 5. The minimum absolute atomic E-state index is 0.00411. The summed E-state index contributed by atoms with van der Waals surface area (Å²) in [5.41, 5.74) is -0.622. The van der Waals surface area contributed by atoms with Crippen LogP contribution in [0.4, 0.5) is 10.1 Å². The molecule has 0 bridgehead atoms. The van der Waals surface area contributed by atoms with Gasteiger partial charge in [-0.2, -0.15) is 0 Å². The van der Waals surface area contributed by atoms with Gasteiger partial charge < -0.3 is 14.5 Å². The van der Waals surface area contributed by atoms with E-state index in [2.05, 4.69) is 0 Å². The first kappa shape index (κ1) is 24.4. The Balaban J connectivity index is 1.59. The van der Waals surface area contributed by atoms with E-state index in [4.69, 9.17) is 4.74 Å². The highest BCUT2D eigenvalue weighted by atomic mass is 19.1. The molecule has 0 saturated carbocycles. The van der Waals surface area contributed by atoms with Crippen LogP contribution in [0.15, 0.2) is 48.5 Å². The third-order valence-corrected chi connectivity index (χ3v) is 6.37. The molecule has 0 aromatic heterocycles. The van der Waals surface area contributed by atoms with Gasteiger partial charge in [-0.3, -0.25) is 19.3 Å². The molecule has 2 aliphatic heterocycles. The van der Waals surface area contributed by atoms with Crippen molar-refractivity contribution in [2.75, 3.05) is 25.1 Å². The van der Waals surface area contributed by atoms with Gasteiger partial charge >= 0.3 is 5.97 Å². The third-order valence-electron chi connectivity index (χ3n) is 6.37. The summed E-state index contributed by atoms with van der Waals surface area (Å²) in [4.78, 5) is 56.7. The maximum atomic E-state index is 14.0. The van der Waals surface area contributed by atoms with Gasteiger partial charge in [0.05, 0.1) is 11.3 Å². The van der Waals surface area contributed by atoms with Gasteiger partial charge in [-0.25, -0.2) is 9.18 Å². The quantitative estimate of drug-likeness (QED) is 0.568. The lowest BCUT2D eigenvalue weighted by Gasteiger charge is -2.48. The predicted molar refractivity (Wildman–Crippen MR) is 126 cm³/mol. The normalized spacial score (nSPS) is 19.0. The average molecular weight is 482 g/mol. The molecule has 35 heavy (non-hydrogen) atoms. The molecule has 1 unspecified atom stereocenters. The summed E-state index contributed by atoms with van der Waals surface area (Å²) >= 11 is 0. The Morgan fingerprint density at radius 3 is 2.51 bits per heavy atom. The Kier molecular flexibility index (Phi) is 6.60. The van der Waals surface area contributed by atoms with E-state index in [1.165, 1.54) is 27.8 Å². The Hall–Kier alpha value is -3.75. The zero-order valence-corrected chi connectivity index (χ0v) is 20.0. The summed E-state index contributed by atoms with van der Waals surface area (Å²) in [6, 6.07) is 12.8. The van der Waals surface area contributed by atoms with E-state index in [1.807, 2.05) is 13.8 Å². The van der Waals surface area contributed by atoms with Gasteiger partial charge in [0.15, 0.2) is 6.61 Å². The van der Waals surface area contributed by atoms with Crippen molar-refractivity contribution in [1.82, 2.24) is 9.80 Å². The van der Waals surface area contributed by atoms with E-state index in [0.29, 0.717) is 16.8 Å². The van der Waals surface area contributed by atoms with Crippen molar-refractivity contribution in [2.45, 2.75) is 38.9 Å². The summed E-state index contributed by atoms with van der Waals surface area (Å²) < 4.78 is 19.4. The van der Waals surface area contributed by atoms with Crippen LogP contribution in [-0.2, 0) is 25.7 Å². The minimum atomic E-state index is -1.66. The van der Waals surface area contributed by atoms with Crippen LogP contribution < -0.4 is 4.90 Å². The van der Waals surface area contributed by atoms with E-state index in [0.717, 1.165) is 0 Å². The number of likely N-dealkylation sites (N-methyl/N-ethyl adjacent to an activating group) is 1. The standard InChI is InChI=1S/C26H28FN3O5/c1-17(2)14-29-24(33)19-9-5-7-11-21(19)30-22(31)12-13-26(29,30)25(34)35-16-23(32)28(3)15-18-8-4-6-10-20(18)27/h4-11,17H,12-16H2,1-3H3. The average Bonchev–Trinajstić information content (AvgIpc) is 3.19. The van der Waals surface area contributed by atoms with Gasteiger partial charge in [0.25, 0.3) is 11.8 Å². The van der Waals surface area contributed by atoms with Crippen LogP contribution in [0, 0.1) is 11.7 Å². The number of rotatable bonds is 7. The number of anilines is 1. The van der Waals surface area contributed by atoms with Crippen molar-refractivity contribution < 1.29 is 28.3 Å². The van der Waals surface area contributed by atoms with Gasteiger partial charge in [-0.15, -0.1) is 0 Å². The molecule has 9 heteroatoms. The van der Waals surface area contributed by atoms with Crippen LogP contribution >= 0.6 is 0 Å². The van der Waals surface area contributed by atoms with Crippen LogP contribution in [0.25, 0.3) is 0 Å². The van der Waals surface area contributed by atoms with Crippen LogP contribution in [0.5, 0.6) is 0 Å². The number of para-hydroxylation sites is 1. The molecule has 2 heterocycles. The number of esters is 1. The van der Waals surface area contributed by atoms with E-state index >= 15 is 0 Å². The lowest BCUT2D eigenvalue weighted by Crippen LogP contribution is -2.69. The molecule has 1 saturated heterocycles. The largest absolute Gasteiger partial charge is 0.452 e. The molecule has 2 aromatic rings. The maximum Gasteiger partial charge on any atom is 0.354 e. The van der Waals surface area contributed by atoms with Gasteiger partial charge in [-0.1, -0.05) is 44.2 Å². The summed E-state index contributed by atoms with van der Waals surface area (Å²) in [6.45, 7) is 3.46. The number of halogens is 1. The van der Waals surface area contributed by atoms with Crippen molar-refractivity contribution in [3.8, 4) is 0 Å². The Morgan fingerprint density at radius 2 is 1.80 bits per heavy atom. The van der Waals surface area contributed by atoms with Gasteiger partial charge in [0.1, 0.15) is 5.82 Å². The van der Waals surface area contributed by atoms with Crippen molar-refractivity contribution in [1.29, 1.82) is 0 Å². The van der Waals surface area contributed by atoms with Crippen LogP contribution in [0.3, 0.4) is 0 Å².